The molecule has 1 unspecified atom stereocenters. The van der Waals surface area contributed by atoms with Gasteiger partial charge < -0.3 is 9.84 Å². The van der Waals surface area contributed by atoms with Crippen LogP contribution in [0.25, 0.3) is 0 Å². The molecule has 0 rings (SSSR count). The molecule has 0 aliphatic carbocycles. The number of ether oxygens (including phenoxy) is 1. The molecule has 0 aromatic heterocycles. The number of esters is 1. The molecule has 0 spiro atoms. The van der Waals surface area contributed by atoms with Gasteiger partial charge in [-0.25, -0.2) is 0 Å². The van der Waals surface area contributed by atoms with Crippen LogP contribution in [-0.2, 0) is 9.53 Å². The first-order chi connectivity index (χ1) is 6.70. The minimum absolute atomic E-state index is 0.0957. The quantitative estimate of drug-likeness (QED) is 0.485. The lowest BCUT2D eigenvalue weighted by Crippen LogP contribution is -2.18. The van der Waals surface area contributed by atoms with Crippen molar-refractivity contribution in [2.24, 2.45) is 0 Å². The summed E-state index contributed by atoms with van der Waals surface area (Å²) in [6.07, 6.45) is 5.76. The molecular formula is C11H22O3. The van der Waals surface area contributed by atoms with Gasteiger partial charge in [-0.05, 0) is 13.3 Å². The molecule has 0 aliphatic rings. The minimum atomic E-state index is -0.363. The first-order valence-corrected chi connectivity index (χ1v) is 5.51. The normalized spacial score (nSPS) is 12.5. The smallest absolute Gasteiger partial charge is 0.306 e. The number of rotatable bonds is 8. The molecule has 0 amide bonds. The number of hydrogen-bond acceptors (Lipinski definition) is 3. The monoisotopic (exact) mass is 202 g/mol. The fraction of sp³-hybridized carbons (Fsp3) is 0.909. The third kappa shape index (κ3) is 8.05. The van der Waals surface area contributed by atoms with E-state index < -0.39 is 0 Å². The number of unbranched alkanes of at least 4 members (excludes halogenated alkanes) is 4. The van der Waals surface area contributed by atoms with Gasteiger partial charge in [-0.1, -0.05) is 32.6 Å². The van der Waals surface area contributed by atoms with Gasteiger partial charge in [0.15, 0.2) is 0 Å². The van der Waals surface area contributed by atoms with E-state index in [1.54, 1.807) is 6.92 Å². The third-order valence-electron chi connectivity index (χ3n) is 2.07. The summed E-state index contributed by atoms with van der Waals surface area (Å²) in [4.78, 5) is 11.1. The van der Waals surface area contributed by atoms with Crippen LogP contribution in [0.5, 0.6) is 0 Å². The average molecular weight is 202 g/mol. The van der Waals surface area contributed by atoms with E-state index >= 15 is 0 Å². The lowest BCUT2D eigenvalue weighted by atomic mass is 10.1. The van der Waals surface area contributed by atoms with Crippen molar-refractivity contribution in [1.29, 1.82) is 0 Å². The molecule has 0 heterocycles. The van der Waals surface area contributed by atoms with Crippen LogP contribution in [-0.4, -0.2) is 23.8 Å². The van der Waals surface area contributed by atoms with E-state index in [0.29, 0.717) is 6.42 Å². The predicted octanol–water partition coefficient (Wildman–Crippen LogP) is 2.27. The van der Waals surface area contributed by atoms with Crippen molar-refractivity contribution >= 4 is 5.97 Å². The molecule has 0 fully saturated rings. The number of aliphatic hydroxyl groups excluding tert-OH is 1. The van der Waals surface area contributed by atoms with Crippen LogP contribution in [0.2, 0.25) is 0 Å². The Morgan fingerprint density at radius 3 is 2.50 bits per heavy atom. The van der Waals surface area contributed by atoms with Crippen LogP contribution < -0.4 is 0 Å². The van der Waals surface area contributed by atoms with E-state index in [0.717, 1.165) is 12.8 Å². The zero-order chi connectivity index (χ0) is 10.8. The third-order valence-corrected chi connectivity index (χ3v) is 2.07. The highest BCUT2D eigenvalue weighted by Gasteiger charge is 2.07. The van der Waals surface area contributed by atoms with E-state index in [1.165, 1.54) is 19.3 Å². The van der Waals surface area contributed by atoms with E-state index in [-0.39, 0.29) is 18.7 Å². The molecule has 0 aliphatic heterocycles. The summed E-state index contributed by atoms with van der Waals surface area (Å²) in [6.45, 7) is 3.76. The average Bonchev–Trinajstić information content (AvgIpc) is 2.17. The fourth-order valence-electron chi connectivity index (χ4n) is 1.19. The van der Waals surface area contributed by atoms with Crippen molar-refractivity contribution in [2.75, 3.05) is 6.61 Å². The summed E-state index contributed by atoms with van der Waals surface area (Å²) in [5.41, 5.74) is 0. The van der Waals surface area contributed by atoms with Crippen molar-refractivity contribution in [3.05, 3.63) is 0 Å². The topological polar surface area (TPSA) is 46.5 Å². The molecule has 3 heteroatoms. The van der Waals surface area contributed by atoms with Gasteiger partial charge in [-0.2, -0.15) is 0 Å². The lowest BCUT2D eigenvalue weighted by molar-refractivity contribution is -0.150. The fourth-order valence-corrected chi connectivity index (χ4v) is 1.19. The first-order valence-electron chi connectivity index (χ1n) is 5.51. The predicted molar refractivity (Wildman–Crippen MR) is 56.0 cm³/mol. The molecule has 14 heavy (non-hydrogen) atoms. The molecule has 3 nitrogen and oxygen atoms in total. The molecule has 0 bridgehead atoms. The minimum Gasteiger partial charge on any atom is -0.460 e. The van der Waals surface area contributed by atoms with Gasteiger partial charge >= 0.3 is 5.97 Å². The van der Waals surface area contributed by atoms with Gasteiger partial charge in [0.2, 0.25) is 0 Å². The SMILES string of the molecule is CCCCCCCC(=O)OC(C)CO. The standard InChI is InChI=1S/C11H22O3/c1-3-4-5-6-7-8-11(13)14-10(2)9-12/h10,12H,3-9H2,1-2H3. The summed E-state index contributed by atoms with van der Waals surface area (Å²) in [5.74, 6) is -0.192. The summed E-state index contributed by atoms with van der Waals surface area (Å²) in [5, 5.41) is 8.65. The maximum absolute atomic E-state index is 11.1. The van der Waals surface area contributed by atoms with Crippen LogP contribution in [0, 0.1) is 0 Å². The Kier molecular flexibility index (Phi) is 8.64. The molecule has 1 N–H and O–H groups in total. The Morgan fingerprint density at radius 2 is 1.93 bits per heavy atom. The summed E-state index contributed by atoms with van der Waals surface area (Å²) >= 11 is 0. The van der Waals surface area contributed by atoms with E-state index in [1.807, 2.05) is 0 Å². The van der Waals surface area contributed by atoms with Gasteiger partial charge in [0.05, 0.1) is 6.61 Å². The number of carbonyl (C=O) groups excluding carboxylic acids is 1. The Morgan fingerprint density at radius 1 is 1.29 bits per heavy atom. The van der Waals surface area contributed by atoms with Crippen LogP contribution >= 0.6 is 0 Å². The van der Waals surface area contributed by atoms with Crippen LogP contribution in [0.15, 0.2) is 0 Å². The highest BCUT2D eigenvalue weighted by molar-refractivity contribution is 5.69. The molecule has 0 aromatic rings. The van der Waals surface area contributed by atoms with Crippen molar-refractivity contribution < 1.29 is 14.6 Å². The maximum atomic E-state index is 11.1. The van der Waals surface area contributed by atoms with Gasteiger partial charge in [0.1, 0.15) is 6.10 Å². The molecule has 1 atom stereocenters. The van der Waals surface area contributed by atoms with E-state index in [9.17, 15) is 4.79 Å². The Labute approximate surface area is 86.5 Å². The van der Waals surface area contributed by atoms with Crippen molar-refractivity contribution in [3.8, 4) is 0 Å². The number of hydrogen-bond donors (Lipinski definition) is 1. The van der Waals surface area contributed by atoms with Crippen LogP contribution in [0.4, 0.5) is 0 Å². The Bertz CT molecular complexity index is 145. The van der Waals surface area contributed by atoms with Crippen molar-refractivity contribution in [1.82, 2.24) is 0 Å². The zero-order valence-corrected chi connectivity index (χ0v) is 9.29. The molecule has 0 saturated heterocycles. The lowest BCUT2D eigenvalue weighted by Gasteiger charge is -2.09. The zero-order valence-electron chi connectivity index (χ0n) is 9.29. The first kappa shape index (κ1) is 13.4. The second kappa shape index (κ2) is 9.00. The molecule has 84 valence electrons. The summed E-state index contributed by atoms with van der Waals surface area (Å²) in [7, 11) is 0. The second-order valence-corrected chi connectivity index (χ2v) is 3.65. The van der Waals surface area contributed by atoms with Crippen LogP contribution in [0.3, 0.4) is 0 Å². The highest BCUT2D eigenvalue weighted by atomic mass is 16.5. The Balaban J connectivity index is 3.27. The molecule has 0 aromatic carbocycles. The number of aliphatic hydroxyl groups is 1. The van der Waals surface area contributed by atoms with Gasteiger partial charge in [0, 0.05) is 6.42 Å². The van der Waals surface area contributed by atoms with E-state index in [2.05, 4.69) is 6.92 Å². The second-order valence-electron chi connectivity index (χ2n) is 3.65. The maximum Gasteiger partial charge on any atom is 0.306 e. The van der Waals surface area contributed by atoms with Gasteiger partial charge in [-0.3, -0.25) is 4.79 Å². The van der Waals surface area contributed by atoms with E-state index in [4.69, 9.17) is 9.84 Å². The van der Waals surface area contributed by atoms with Gasteiger partial charge in [-0.15, -0.1) is 0 Å². The van der Waals surface area contributed by atoms with Crippen LogP contribution in [0.1, 0.15) is 52.4 Å². The summed E-state index contributed by atoms with van der Waals surface area (Å²) < 4.78 is 4.92. The molecular weight excluding hydrogens is 180 g/mol. The largest absolute Gasteiger partial charge is 0.460 e. The van der Waals surface area contributed by atoms with Gasteiger partial charge in [0.25, 0.3) is 0 Å². The molecule has 0 saturated carbocycles. The van der Waals surface area contributed by atoms with Crippen molar-refractivity contribution in [2.45, 2.75) is 58.5 Å². The molecule has 0 radical (unpaired) electrons. The van der Waals surface area contributed by atoms with Crippen molar-refractivity contribution in [3.63, 3.8) is 0 Å². The summed E-state index contributed by atoms with van der Waals surface area (Å²) in [6, 6.07) is 0. The highest BCUT2D eigenvalue weighted by Crippen LogP contribution is 2.06. The Hall–Kier alpha value is -0.570. The number of carbonyl (C=O) groups is 1.